The minimum Gasteiger partial charge on any atom is -0.371 e. The average Bonchev–Trinajstić information content (AvgIpc) is 2.56. The van der Waals surface area contributed by atoms with Crippen molar-refractivity contribution in [3.8, 4) is 11.1 Å². The van der Waals surface area contributed by atoms with Crippen LogP contribution >= 0.6 is 12.4 Å². The van der Waals surface area contributed by atoms with E-state index in [-0.39, 0.29) is 24.2 Å². The largest absolute Gasteiger partial charge is 0.371 e. The SMILES string of the molecule is Cl.NC(=O)C1CCN(c2ccc(-c3ccccc3)cc2)CC1. The summed E-state index contributed by atoms with van der Waals surface area (Å²) >= 11 is 0. The van der Waals surface area contributed by atoms with Crippen LogP contribution in [0.1, 0.15) is 12.8 Å². The fourth-order valence-corrected chi connectivity index (χ4v) is 2.92. The van der Waals surface area contributed by atoms with E-state index < -0.39 is 0 Å². The van der Waals surface area contributed by atoms with Gasteiger partial charge in [-0.15, -0.1) is 12.4 Å². The number of anilines is 1. The number of nitrogens with zero attached hydrogens (tertiary/aromatic N) is 1. The average molecular weight is 317 g/mol. The van der Waals surface area contributed by atoms with Gasteiger partial charge in [0.1, 0.15) is 0 Å². The maximum absolute atomic E-state index is 11.2. The first-order valence-electron chi connectivity index (χ1n) is 7.44. The van der Waals surface area contributed by atoms with Crippen molar-refractivity contribution >= 4 is 24.0 Å². The van der Waals surface area contributed by atoms with E-state index in [1.165, 1.54) is 16.8 Å². The maximum atomic E-state index is 11.2. The first kappa shape index (κ1) is 16.4. The van der Waals surface area contributed by atoms with Gasteiger partial charge >= 0.3 is 0 Å². The molecule has 0 atom stereocenters. The molecule has 1 aliphatic rings. The topological polar surface area (TPSA) is 46.3 Å². The highest BCUT2D eigenvalue weighted by Gasteiger charge is 2.23. The van der Waals surface area contributed by atoms with E-state index in [0.29, 0.717) is 0 Å². The van der Waals surface area contributed by atoms with Crippen LogP contribution in [0.15, 0.2) is 54.6 Å². The Morgan fingerprint density at radius 3 is 2.00 bits per heavy atom. The molecule has 0 radical (unpaired) electrons. The van der Waals surface area contributed by atoms with Crippen LogP contribution in [-0.2, 0) is 4.79 Å². The van der Waals surface area contributed by atoms with Crippen molar-refractivity contribution in [2.75, 3.05) is 18.0 Å². The second-order valence-electron chi connectivity index (χ2n) is 5.58. The molecule has 1 aliphatic heterocycles. The molecule has 22 heavy (non-hydrogen) atoms. The molecule has 4 heteroatoms. The van der Waals surface area contributed by atoms with Crippen LogP contribution in [0.5, 0.6) is 0 Å². The van der Waals surface area contributed by atoms with Crippen LogP contribution in [0.25, 0.3) is 11.1 Å². The number of carbonyl (C=O) groups is 1. The molecule has 2 aromatic carbocycles. The van der Waals surface area contributed by atoms with Crippen molar-refractivity contribution < 1.29 is 4.79 Å². The molecule has 1 amide bonds. The van der Waals surface area contributed by atoms with Gasteiger partial charge in [0.05, 0.1) is 0 Å². The van der Waals surface area contributed by atoms with Crippen LogP contribution in [0.3, 0.4) is 0 Å². The number of amides is 1. The summed E-state index contributed by atoms with van der Waals surface area (Å²) < 4.78 is 0. The second kappa shape index (κ2) is 7.32. The van der Waals surface area contributed by atoms with Gasteiger partial charge in [0, 0.05) is 24.7 Å². The van der Waals surface area contributed by atoms with Crippen molar-refractivity contribution in [1.29, 1.82) is 0 Å². The normalized spacial score (nSPS) is 15.2. The Hall–Kier alpha value is -2.00. The molecule has 0 aliphatic carbocycles. The highest BCUT2D eigenvalue weighted by molar-refractivity contribution is 5.85. The summed E-state index contributed by atoms with van der Waals surface area (Å²) in [4.78, 5) is 13.5. The molecule has 3 nitrogen and oxygen atoms in total. The summed E-state index contributed by atoms with van der Waals surface area (Å²) in [5.41, 5.74) is 9.06. The van der Waals surface area contributed by atoms with Crippen molar-refractivity contribution in [2.24, 2.45) is 11.7 Å². The van der Waals surface area contributed by atoms with Crippen molar-refractivity contribution in [3.05, 3.63) is 54.6 Å². The Balaban J connectivity index is 0.00000176. The van der Waals surface area contributed by atoms with Crippen LogP contribution in [-0.4, -0.2) is 19.0 Å². The quantitative estimate of drug-likeness (QED) is 0.942. The highest BCUT2D eigenvalue weighted by atomic mass is 35.5. The molecule has 2 N–H and O–H groups in total. The van der Waals surface area contributed by atoms with Gasteiger partial charge in [-0.2, -0.15) is 0 Å². The number of benzene rings is 2. The zero-order chi connectivity index (χ0) is 14.7. The Morgan fingerprint density at radius 1 is 0.909 bits per heavy atom. The lowest BCUT2D eigenvalue weighted by molar-refractivity contribution is -0.122. The van der Waals surface area contributed by atoms with Gasteiger partial charge in [-0.1, -0.05) is 42.5 Å². The fraction of sp³-hybridized carbons (Fsp3) is 0.278. The summed E-state index contributed by atoms with van der Waals surface area (Å²) in [6, 6.07) is 19.0. The van der Waals surface area contributed by atoms with E-state index in [0.717, 1.165) is 25.9 Å². The van der Waals surface area contributed by atoms with Crippen LogP contribution in [0.2, 0.25) is 0 Å². The van der Waals surface area contributed by atoms with Gasteiger partial charge in [-0.05, 0) is 36.1 Å². The lowest BCUT2D eigenvalue weighted by atomic mass is 9.95. The number of halogens is 1. The molecule has 1 saturated heterocycles. The molecule has 0 spiro atoms. The van der Waals surface area contributed by atoms with Crippen molar-refractivity contribution in [3.63, 3.8) is 0 Å². The molecule has 1 heterocycles. The number of nitrogens with two attached hydrogens (primary N) is 1. The summed E-state index contributed by atoms with van der Waals surface area (Å²) in [5, 5.41) is 0. The third-order valence-corrected chi connectivity index (χ3v) is 4.24. The predicted octanol–water partition coefficient (Wildman–Crippen LogP) is 3.48. The Morgan fingerprint density at radius 2 is 1.45 bits per heavy atom. The van der Waals surface area contributed by atoms with Crippen molar-refractivity contribution in [1.82, 2.24) is 0 Å². The van der Waals surface area contributed by atoms with E-state index in [4.69, 9.17) is 5.73 Å². The van der Waals surface area contributed by atoms with Crippen LogP contribution in [0.4, 0.5) is 5.69 Å². The third kappa shape index (κ3) is 3.60. The number of rotatable bonds is 3. The molecule has 2 aromatic rings. The summed E-state index contributed by atoms with van der Waals surface area (Å²) in [7, 11) is 0. The number of carbonyl (C=O) groups excluding carboxylic acids is 1. The monoisotopic (exact) mass is 316 g/mol. The van der Waals surface area contributed by atoms with Crippen LogP contribution in [0, 0.1) is 5.92 Å². The molecule has 0 unspecified atom stereocenters. The molecule has 0 bridgehead atoms. The highest BCUT2D eigenvalue weighted by Crippen LogP contribution is 2.26. The van der Waals surface area contributed by atoms with Gasteiger partial charge in [-0.25, -0.2) is 0 Å². The maximum Gasteiger partial charge on any atom is 0.220 e. The Labute approximate surface area is 137 Å². The number of piperidine rings is 1. The molecule has 0 aromatic heterocycles. The van der Waals surface area contributed by atoms with E-state index in [9.17, 15) is 4.79 Å². The first-order valence-corrected chi connectivity index (χ1v) is 7.44. The lowest BCUT2D eigenvalue weighted by Crippen LogP contribution is -2.38. The fourth-order valence-electron chi connectivity index (χ4n) is 2.92. The minimum absolute atomic E-state index is 0. The first-order chi connectivity index (χ1) is 10.2. The zero-order valence-electron chi connectivity index (χ0n) is 12.4. The van der Waals surface area contributed by atoms with E-state index in [1.54, 1.807) is 0 Å². The number of primary amides is 1. The van der Waals surface area contributed by atoms with Gasteiger partial charge in [0.2, 0.25) is 5.91 Å². The van der Waals surface area contributed by atoms with E-state index in [2.05, 4.69) is 53.4 Å². The van der Waals surface area contributed by atoms with Crippen molar-refractivity contribution in [2.45, 2.75) is 12.8 Å². The minimum atomic E-state index is -0.158. The smallest absolute Gasteiger partial charge is 0.220 e. The molecular weight excluding hydrogens is 296 g/mol. The summed E-state index contributed by atoms with van der Waals surface area (Å²) in [6.45, 7) is 1.80. The molecule has 116 valence electrons. The zero-order valence-corrected chi connectivity index (χ0v) is 13.3. The molecule has 1 fully saturated rings. The molecular formula is C18H21ClN2O. The Bertz CT molecular complexity index is 605. The van der Waals surface area contributed by atoms with E-state index >= 15 is 0 Å². The van der Waals surface area contributed by atoms with Gasteiger partial charge in [0.25, 0.3) is 0 Å². The van der Waals surface area contributed by atoms with Gasteiger partial charge < -0.3 is 10.6 Å². The lowest BCUT2D eigenvalue weighted by Gasteiger charge is -2.32. The van der Waals surface area contributed by atoms with Gasteiger partial charge in [-0.3, -0.25) is 4.79 Å². The molecule has 3 rings (SSSR count). The van der Waals surface area contributed by atoms with Gasteiger partial charge in [0.15, 0.2) is 0 Å². The number of hydrogen-bond donors (Lipinski definition) is 1. The third-order valence-electron chi connectivity index (χ3n) is 4.24. The Kier molecular flexibility index (Phi) is 5.45. The second-order valence-corrected chi connectivity index (χ2v) is 5.58. The summed E-state index contributed by atoms with van der Waals surface area (Å²) in [6.07, 6.45) is 1.71. The standard InChI is InChI=1S/C18H20N2O.ClH/c19-18(21)16-10-12-20(13-11-16)17-8-6-15(7-9-17)14-4-2-1-3-5-14;/h1-9,16H,10-13H2,(H2,19,21);1H. The molecule has 0 saturated carbocycles. The van der Waals surface area contributed by atoms with Crippen LogP contribution < -0.4 is 10.6 Å². The number of hydrogen-bond acceptors (Lipinski definition) is 2. The predicted molar refractivity (Wildman–Crippen MR) is 93.3 cm³/mol. The van der Waals surface area contributed by atoms with E-state index in [1.807, 2.05) is 6.07 Å². The summed E-state index contributed by atoms with van der Waals surface area (Å²) in [5.74, 6) is -0.112.